The lowest BCUT2D eigenvalue weighted by molar-refractivity contribution is -0.343. The maximum Gasteiger partial charge on any atom is 0.303 e. The second-order valence-electron chi connectivity index (χ2n) is 12.0. The number of hydrogen-bond acceptors (Lipinski definition) is 7. The number of carboxylic acid groups (broad SMARTS) is 1. The van der Waals surface area contributed by atoms with E-state index >= 15 is 0 Å². The smallest absolute Gasteiger partial charge is 0.303 e. The lowest BCUT2D eigenvalue weighted by Gasteiger charge is -2.66. The van der Waals surface area contributed by atoms with Crippen molar-refractivity contribution in [3.05, 3.63) is 0 Å². The van der Waals surface area contributed by atoms with Gasteiger partial charge in [-0.05, 0) is 66.6 Å². The summed E-state index contributed by atoms with van der Waals surface area (Å²) in [7, 11) is 0. The van der Waals surface area contributed by atoms with Gasteiger partial charge in [0.05, 0.1) is 12.2 Å². The highest BCUT2D eigenvalue weighted by Gasteiger charge is 2.72. The second kappa shape index (κ2) is 7.62. The molecule has 0 radical (unpaired) electrons. The number of carboxylic acids is 1. The fraction of sp³-hybridized carbons (Fsp3) is 0.958. The van der Waals surface area contributed by atoms with Crippen LogP contribution in [0.3, 0.4) is 0 Å². The van der Waals surface area contributed by atoms with Gasteiger partial charge in [-0.25, -0.2) is 0 Å². The molecule has 7 N–H and O–H groups in total. The largest absolute Gasteiger partial charge is 0.481 e. The molecule has 4 rings (SSSR count). The van der Waals surface area contributed by atoms with E-state index in [-0.39, 0.29) is 55.3 Å². The van der Waals surface area contributed by atoms with E-state index in [1.54, 1.807) is 0 Å². The Hall–Kier alpha value is -0.770. The lowest BCUT2D eigenvalue weighted by Crippen LogP contribution is -2.70. The van der Waals surface area contributed by atoms with Crippen LogP contribution < -0.4 is 0 Å². The average molecular weight is 457 g/mol. The average Bonchev–Trinajstić information content (AvgIpc) is 3.05. The third-order valence-electron chi connectivity index (χ3n) is 10.6. The van der Waals surface area contributed by atoms with Crippen molar-refractivity contribution >= 4 is 5.97 Å². The van der Waals surface area contributed by atoms with Crippen molar-refractivity contribution in [2.24, 2.45) is 46.3 Å². The van der Waals surface area contributed by atoms with Gasteiger partial charge >= 0.3 is 5.97 Å². The van der Waals surface area contributed by atoms with E-state index in [4.69, 9.17) is 5.11 Å². The predicted molar refractivity (Wildman–Crippen MR) is 114 cm³/mol. The van der Waals surface area contributed by atoms with Crippen LogP contribution >= 0.6 is 0 Å². The van der Waals surface area contributed by atoms with Gasteiger partial charge in [-0.3, -0.25) is 4.79 Å². The molecule has 0 aromatic heterocycles. The first-order chi connectivity index (χ1) is 14.7. The van der Waals surface area contributed by atoms with Gasteiger partial charge in [0.1, 0.15) is 0 Å². The van der Waals surface area contributed by atoms with Crippen molar-refractivity contribution in [3.8, 4) is 0 Å². The minimum absolute atomic E-state index is 0.0237. The summed E-state index contributed by atoms with van der Waals surface area (Å²) in [6.07, 6.45) is 0.244. The van der Waals surface area contributed by atoms with Gasteiger partial charge in [0.15, 0.2) is 11.6 Å². The monoisotopic (exact) mass is 456 g/mol. The van der Waals surface area contributed by atoms with E-state index in [1.165, 1.54) is 0 Å². The van der Waals surface area contributed by atoms with E-state index in [2.05, 4.69) is 0 Å². The molecule has 0 amide bonds. The van der Waals surface area contributed by atoms with Gasteiger partial charge in [-0.1, -0.05) is 20.8 Å². The molecule has 32 heavy (non-hydrogen) atoms. The van der Waals surface area contributed by atoms with E-state index in [1.807, 2.05) is 20.8 Å². The summed E-state index contributed by atoms with van der Waals surface area (Å²) >= 11 is 0. The summed E-state index contributed by atoms with van der Waals surface area (Å²) in [6, 6.07) is 0. The molecule has 8 nitrogen and oxygen atoms in total. The van der Waals surface area contributed by atoms with Crippen molar-refractivity contribution in [2.75, 3.05) is 0 Å². The number of aliphatic hydroxyl groups is 6. The van der Waals surface area contributed by atoms with Crippen LogP contribution in [0.5, 0.6) is 0 Å². The van der Waals surface area contributed by atoms with Gasteiger partial charge in [-0.2, -0.15) is 0 Å². The Balaban J connectivity index is 1.70. The quantitative estimate of drug-likeness (QED) is 0.309. The summed E-state index contributed by atoms with van der Waals surface area (Å²) in [5.41, 5.74) is -1.48. The van der Waals surface area contributed by atoms with Gasteiger partial charge in [0, 0.05) is 31.1 Å². The SMILES string of the molecule is C[C@H](CCC(=O)O)[C@H]1CC[C@H]2[C@@H]3[C@H](O)[C@H](O)[C@@H]4CC(O)(O)CC[C@]4(C)[C@H]3CC(O)(O)[C@]12C. The Kier molecular flexibility index (Phi) is 5.80. The molecule has 0 spiro atoms. The molecule has 0 aliphatic heterocycles. The number of aliphatic hydroxyl groups excluding tert-OH is 2. The van der Waals surface area contributed by atoms with E-state index in [0.29, 0.717) is 25.7 Å². The van der Waals surface area contributed by atoms with Crippen molar-refractivity contribution < 1.29 is 40.5 Å². The highest BCUT2D eigenvalue weighted by atomic mass is 16.5. The summed E-state index contributed by atoms with van der Waals surface area (Å²) in [5, 5.41) is 74.9. The van der Waals surface area contributed by atoms with Crippen LogP contribution in [0.2, 0.25) is 0 Å². The van der Waals surface area contributed by atoms with Crippen LogP contribution in [-0.4, -0.2) is 65.5 Å². The Morgan fingerprint density at radius 3 is 2.22 bits per heavy atom. The third kappa shape index (κ3) is 3.36. The van der Waals surface area contributed by atoms with Crippen LogP contribution in [0.4, 0.5) is 0 Å². The molecule has 0 saturated heterocycles. The van der Waals surface area contributed by atoms with Gasteiger partial charge in [-0.15, -0.1) is 0 Å². The Morgan fingerprint density at radius 1 is 0.938 bits per heavy atom. The van der Waals surface area contributed by atoms with Crippen molar-refractivity contribution in [2.45, 2.75) is 95.9 Å². The molecule has 0 aromatic carbocycles. The van der Waals surface area contributed by atoms with Crippen LogP contribution in [0.1, 0.15) is 72.1 Å². The third-order valence-corrected chi connectivity index (χ3v) is 10.6. The number of rotatable bonds is 4. The first-order valence-electron chi connectivity index (χ1n) is 12.1. The molecule has 0 bridgehead atoms. The molecular weight excluding hydrogens is 416 g/mol. The van der Waals surface area contributed by atoms with Gasteiger partial charge in [0.25, 0.3) is 0 Å². The second-order valence-corrected chi connectivity index (χ2v) is 12.0. The van der Waals surface area contributed by atoms with Crippen LogP contribution in [-0.2, 0) is 4.79 Å². The fourth-order valence-electron chi connectivity index (χ4n) is 8.72. The zero-order chi connectivity index (χ0) is 23.9. The van der Waals surface area contributed by atoms with Crippen LogP contribution in [0, 0.1) is 46.3 Å². The summed E-state index contributed by atoms with van der Waals surface area (Å²) in [5.74, 6) is -6.27. The van der Waals surface area contributed by atoms with Crippen molar-refractivity contribution in [3.63, 3.8) is 0 Å². The summed E-state index contributed by atoms with van der Waals surface area (Å²) in [6.45, 7) is 5.82. The zero-order valence-corrected chi connectivity index (χ0v) is 19.3. The molecule has 0 unspecified atom stereocenters. The molecular formula is C24H40O8. The van der Waals surface area contributed by atoms with Crippen LogP contribution in [0.15, 0.2) is 0 Å². The van der Waals surface area contributed by atoms with Gasteiger partial charge < -0.3 is 35.7 Å². The summed E-state index contributed by atoms with van der Waals surface area (Å²) in [4.78, 5) is 11.1. The highest BCUT2D eigenvalue weighted by Crippen LogP contribution is 2.70. The maximum absolute atomic E-state index is 11.5. The van der Waals surface area contributed by atoms with Crippen molar-refractivity contribution in [1.29, 1.82) is 0 Å². The molecule has 4 saturated carbocycles. The maximum atomic E-state index is 11.5. The summed E-state index contributed by atoms with van der Waals surface area (Å²) < 4.78 is 0. The Morgan fingerprint density at radius 2 is 1.59 bits per heavy atom. The Labute approximate surface area is 189 Å². The molecule has 4 aliphatic rings. The van der Waals surface area contributed by atoms with Gasteiger partial charge in [0.2, 0.25) is 0 Å². The standard InChI is InChI=1S/C24H40O8/c1-12(4-7-17(25)26)13-5-6-14-18-15(11-24(31,32)22(13,14)3)21(2)8-9-23(29,30)10-16(21)19(27)20(18)28/h12-16,18-20,27-32H,4-11H2,1-3H3,(H,25,26)/t12-,13-,14+,15+,16+,18+,19-,20+,21-,22-/m1/s1. The fourth-order valence-corrected chi connectivity index (χ4v) is 8.72. The highest BCUT2D eigenvalue weighted by molar-refractivity contribution is 5.66. The molecule has 8 heteroatoms. The van der Waals surface area contributed by atoms with Crippen LogP contribution in [0.25, 0.3) is 0 Å². The van der Waals surface area contributed by atoms with E-state index in [0.717, 1.165) is 0 Å². The molecule has 184 valence electrons. The Bertz CT molecular complexity index is 752. The molecule has 0 heterocycles. The minimum Gasteiger partial charge on any atom is -0.481 e. The molecule has 0 aromatic rings. The zero-order valence-electron chi connectivity index (χ0n) is 19.3. The molecule has 4 fully saturated rings. The number of fused-ring (bicyclic) bond motifs is 5. The first-order valence-corrected chi connectivity index (χ1v) is 12.1. The number of carbonyl (C=O) groups is 1. The normalized spacial score (nSPS) is 50.1. The van der Waals surface area contributed by atoms with E-state index in [9.17, 15) is 35.4 Å². The predicted octanol–water partition coefficient (Wildman–Crippen LogP) is 1.06. The lowest BCUT2D eigenvalue weighted by atomic mass is 9.41. The first kappa shape index (κ1) is 24.4. The molecule has 10 atom stereocenters. The minimum atomic E-state index is -2.00. The van der Waals surface area contributed by atoms with Crippen molar-refractivity contribution in [1.82, 2.24) is 0 Å². The van der Waals surface area contributed by atoms with E-state index < -0.39 is 46.5 Å². The molecule has 4 aliphatic carbocycles. The topological polar surface area (TPSA) is 159 Å². The number of hydrogen-bond donors (Lipinski definition) is 7. The number of aliphatic carboxylic acids is 1.